The summed E-state index contributed by atoms with van der Waals surface area (Å²) < 4.78 is 5.96. The second-order valence-electron chi connectivity index (χ2n) is 7.44. The van der Waals surface area contributed by atoms with Crippen molar-refractivity contribution in [3.05, 3.63) is 104 Å². The van der Waals surface area contributed by atoms with Crippen molar-refractivity contribution in [3.8, 4) is 0 Å². The standard InChI is InChI=1S/C24H17ClN2O3/c1-13-9-10-18-17(11-13)22(28)20-21(15-6-4-7-16(25)12-15)27(24(29)23(20)30-18)19-8-3-5-14(2)26-19/h3-12,21H,1-2H3. The molecule has 0 saturated carbocycles. The Hall–Kier alpha value is -3.44. The molecule has 0 bridgehead atoms. The molecule has 0 saturated heterocycles. The van der Waals surface area contributed by atoms with Crippen LogP contribution in [0.1, 0.15) is 39.0 Å². The third-order valence-corrected chi connectivity index (χ3v) is 5.55. The lowest BCUT2D eigenvalue weighted by molar-refractivity contribution is 0.0970. The van der Waals surface area contributed by atoms with Crippen LogP contribution in [0.3, 0.4) is 0 Å². The predicted octanol–water partition coefficient (Wildman–Crippen LogP) is 5.21. The number of hydrogen-bond acceptors (Lipinski definition) is 4. The Morgan fingerprint density at radius 2 is 1.80 bits per heavy atom. The number of anilines is 1. The van der Waals surface area contributed by atoms with E-state index < -0.39 is 11.9 Å². The Kier molecular flexibility index (Phi) is 4.22. The van der Waals surface area contributed by atoms with Crippen molar-refractivity contribution in [3.63, 3.8) is 0 Å². The molecular weight excluding hydrogens is 400 g/mol. The largest absolute Gasteiger partial charge is 0.450 e. The van der Waals surface area contributed by atoms with E-state index in [1.807, 2.05) is 38.1 Å². The number of fused-ring (bicyclic) bond motifs is 2. The minimum atomic E-state index is -0.679. The Morgan fingerprint density at radius 3 is 2.57 bits per heavy atom. The molecule has 5 rings (SSSR count). The molecule has 1 atom stereocenters. The minimum Gasteiger partial charge on any atom is -0.450 e. The topological polar surface area (TPSA) is 63.4 Å². The zero-order chi connectivity index (χ0) is 21.0. The fraction of sp³-hybridized carbons (Fsp3) is 0.125. The van der Waals surface area contributed by atoms with Crippen LogP contribution in [0.25, 0.3) is 11.0 Å². The van der Waals surface area contributed by atoms with E-state index in [1.54, 1.807) is 36.4 Å². The average molecular weight is 417 g/mol. The van der Waals surface area contributed by atoms with Gasteiger partial charge in [0.2, 0.25) is 5.76 Å². The molecule has 0 radical (unpaired) electrons. The first-order valence-electron chi connectivity index (χ1n) is 9.54. The zero-order valence-electron chi connectivity index (χ0n) is 16.3. The van der Waals surface area contributed by atoms with Gasteiger partial charge in [0, 0.05) is 10.7 Å². The van der Waals surface area contributed by atoms with Gasteiger partial charge in [-0.25, -0.2) is 4.98 Å². The highest BCUT2D eigenvalue weighted by Gasteiger charge is 2.44. The Balaban J connectivity index is 1.84. The quantitative estimate of drug-likeness (QED) is 0.450. The van der Waals surface area contributed by atoms with E-state index in [4.69, 9.17) is 16.0 Å². The van der Waals surface area contributed by atoms with Crippen LogP contribution in [0.2, 0.25) is 5.02 Å². The fourth-order valence-corrected chi connectivity index (χ4v) is 4.18. The van der Waals surface area contributed by atoms with Crippen molar-refractivity contribution in [2.24, 2.45) is 0 Å². The van der Waals surface area contributed by atoms with Gasteiger partial charge in [-0.05, 0) is 55.8 Å². The average Bonchev–Trinajstić information content (AvgIpc) is 3.01. The monoisotopic (exact) mass is 416 g/mol. The van der Waals surface area contributed by atoms with E-state index in [1.165, 1.54) is 4.90 Å². The van der Waals surface area contributed by atoms with Crippen molar-refractivity contribution in [1.29, 1.82) is 0 Å². The highest BCUT2D eigenvalue weighted by molar-refractivity contribution is 6.30. The van der Waals surface area contributed by atoms with Gasteiger partial charge in [0.25, 0.3) is 5.91 Å². The highest BCUT2D eigenvalue weighted by Crippen LogP contribution is 2.41. The van der Waals surface area contributed by atoms with Gasteiger partial charge in [-0.3, -0.25) is 14.5 Å². The van der Waals surface area contributed by atoms with E-state index in [2.05, 4.69) is 4.98 Å². The maximum absolute atomic E-state index is 13.5. The number of benzene rings is 2. The van der Waals surface area contributed by atoms with E-state index in [0.717, 1.165) is 16.8 Å². The van der Waals surface area contributed by atoms with Gasteiger partial charge in [-0.2, -0.15) is 0 Å². The fourth-order valence-electron chi connectivity index (χ4n) is 3.98. The molecular formula is C24H17ClN2O3. The molecule has 2 aromatic heterocycles. The van der Waals surface area contributed by atoms with Crippen LogP contribution < -0.4 is 10.3 Å². The van der Waals surface area contributed by atoms with Crippen LogP contribution in [-0.2, 0) is 0 Å². The molecule has 1 aliphatic heterocycles. The molecule has 0 aliphatic carbocycles. The third-order valence-electron chi connectivity index (χ3n) is 5.31. The third kappa shape index (κ3) is 2.82. The number of carbonyl (C=O) groups excluding carboxylic acids is 1. The van der Waals surface area contributed by atoms with Crippen molar-refractivity contribution >= 4 is 34.3 Å². The van der Waals surface area contributed by atoms with E-state index >= 15 is 0 Å². The summed E-state index contributed by atoms with van der Waals surface area (Å²) in [6.45, 7) is 3.76. The van der Waals surface area contributed by atoms with Crippen LogP contribution in [0.4, 0.5) is 5.82 Å². The van der Waals surface area contributed by atoms with Gasteiger partial charge in [0.15, 0.2) is 5.43 Å². The number of rotatable bonds is 2. The number of hydrogen-bond donors (Lipinski definition) is 0. The summed E-state index contributed by atoms with van der Waals surface area (Å²) in [5, 5.41) is 0.971. The molecule has 1 unspecified atom stereocenters. The molecule has 3 heterocycles. The number of aryl methyl sites for hydroxylation is 2. The maximum Gasteiger partial charge on any atom is 0.296 e. The lowest BCUT2D eigenvalue weighted by atomic mass is 9.98. The predicted molar refractivity (Wildman–Crippen MR) is 116 cm³/mol. The van der Waals surface area contributed by atoms with Crippen LogP contribution in [0, 0.1) is 13.8 Å². The number of halogens is 1. The van der Waals surface area contributed by atoms with E-state index in [-0.39, 0.29) is 11.2 Å². The van der Waals surface area contributed by atoms with Gasteiger partial charge in [-0.1, -0.05) is 41.4 Å². The van der Waals surface area contributed by atoms with Gasteiger partial charge in [0.05, 0.1) is 17.0 Å². The number of amides is 1. The summed E-state index contributed by atoms with van der Waals surface area (Å²) in [6.07, 6.45) is 0. The Bertz CT molecular complexity index is 1390. The van der Waals surface area contributed by atoms with Crippen molar-refractivity contribution in [2.75, 3.05) is 4.90 Å². The van der Waals surface area contributed by atoms with Crippen molar-refractivity contribution < 1.29 is 9.21 Å². The maximum atomic E-state index is 13.5. The number of nitrogens with zero attached hydrogens (tertiary/aromatic N) is 2. The molecule has 0 spiro atoms. The molecule has 148 valence electrons. The highest BCUT2D eigenvalue weighted by atomic mass is 35.5. The smallest absolute Gasteiger partial charge is 0.296 e. The summed E-state index contributed by atoms with van der Waals surface area (Å²) in [5.74, 6) is 0.105. The molecule has 0 fully saturated rings. The summed E-state index contributed by atoms with van der Waals surface area (Å²) >= 11 is 6.24. The second-order valence-corrected chi connectivity index (χ2v) is 7.88. The SMILES string of the molecule is Cc1ccc2oc3c(c(=O)c2c1)C(c1cccc(Cl)c1)N(c1cccc(C)n1)C3=O. The molecule has 1 amide bonds. The zero-order valence-corrected chi connectivity index (χ0v) is 17.1. The summed E-state index contributed by atoms with van der Waals surface area (Å²) in [6, 6.07) is 17.3. The molecule has 5 nitrogen and oxygen atoms in total. The molecule has 6 heteroatoms. The number of carbonyl (C=O) groups is 1. The lowest BCUT2D eigenvalue weighted by Gasteiger charge is -2.24. The van der Waals surface area contributed by atoms with Gasteiger partial charge >= 0.3 is 0 Å². The van der Waals surface area contributed by atoms with Crippen LogP contribution >= 0.6 is 11.6 Å². The van der Waals surface area contributed by atoms with Crippen molar-refractivity contribution in [1.82, 2.24) is 4.98 Å². The molecule has 4 aromatic rings. The Morgan fingerprint density at radius 1 is 1.00 bits per heavy atom. The number of aromatic nitrogens is 1. The normalized spacial score (nSPS) is 15.6. The molecule has 2 aromatic carbocycles. The first-order valence-corrected chi connectivity index (χ1v) is 9.92. The van der Waals surface area contributed by atoms with Gasteiger partial charge in [-0.15, -0.1) is 0 Å². The van der Waals surface area contributed by atoms with Crippen LogP contribution in [-0.4, -0.2) is 10.9 Å². The van der Waals surface area contributed by atoms with Gasteiger partial charge < -0.3 is 4.42 Å². The van der Waals surface area contributed by atoms with Crippen LogP contribution in [0.15, 0.2) is 69.9 Å². The lowest BCUT2D eigenvalue weighted by Crippen LogP contribution is -2.30. The first-order chi connectivity index (χ1) is 14.4. The number of pyridine rings is 1. The van der Waals surface area contributed by atoms with E-state index in [9.17, 15) is 9.59 Å². The first kappa shape index (κ1) is 18.6. The molecule has 0 N–H and O–H groups in total. The minimum absolute atomic E-state index is 0.0460. The van der Waals surface area contributed by atoms with E-state index in [0.29, 0.717) is 27.4 Å². The summed E-state index contributed by atoms with van der Waals surface area (Å²) in [7, 11) is 0. The summed E-state index contributed by atoms with van der Waals surface area (Å²) in [4.78, 5) is 33.0. The second kappa shape index (κ2) is 6.82. The Labute approximate surface area is 177 Å². The van der Waals surface area contributed by atoms with Crippen molar-refractivity contribution in [2.45, 2.75) is 19.9 Å². The molecule has 1 aliphatic rings. The van der Waals surface area contributed by atoms with Crippen LogP contribution in [0.5, 0.6) is 0 Å². The summed E-state index contributed by atoms with van der Waals surface area (Å²) in [5.41, 5.74) is 2.91. The molecule has 30 heavy (non-hydrogen) atoms. The van der Waals surface area contributed by atoms with Gasteiger partial charge in [0.1, 0.15) is 11.4 Å².